The van der Waals surface area contributed by atoms with Gasteiger partial charge >= 0.3 is 5.97 Å². The van der Waals surface area contributed by atoms with Crippen molar-refractivity contribution in [3.63, 3.8) is 0 Å². The van der Waals surface area contributed by atoms with Gasteiger partial charge in [-0.3, -0.25) is 4.79 Å². The van der Waals surface area contributed by atoms with Crippen molar-refractivity contribution in [2.75, 3.05) is 0 Å². The third-order valence-electron chi connectivity index (χ3n) is 3.80. The molecule has 1 heterocycles. The van der Waals surface area contributed by atoms with Crippen molar-refractivity contribution in [1.82, 2.24) is 5.32 Å². The first kappa shape index (κ1) is 19.6. The lowest BCUT2D eigenvalue weighted by molar-refractivity contribution is -0.153. The van der Waals surface area contributed by atoms with Gasteiger partial charge in [-0.05, 0) is 19.0 Å². The first-order chi connectivity index (χ1) is 11.0. The average molecular weight is 329 g/mol. The summed E-state index contributed by atoms with van der Waals surface area (Å²) in [5.74, 6) is -1.84. The maximum Gasteiger partial charge on any atom is 0.338 e. The van der Waals surface area contributed by atoms with Crippen LogP contribution in [0.2, 0.25) is 0 Å². The minimum absolute atomic E-state index is 0.796. The van der Waals surface area contributed by atoms with E-state index < -0.39 is 36.3 Å². The number of amides is 1. The van der Waals surface area contributed by atoms with E-state index in [1.807, 2.05) is 0 Å². The topological polar surface area (TPSA) is 116 Å². The lowest BCUT2D eigenvalue weighted by Gasteiger charge is -2.18. The molecule has 0 aliphatic carbocycles. The van der Waals surface area contributed by atoms with Gasteiger partial charge in [0.2, 0.25) is 0 Å². The second-order valence-electron chi connectivity index (χ2n) is 5.75. The van der Waals surface area contributed by atoms with Gasteiger partial charge in [0.25, 0.3) is 5.91 Å². The summed E-state index contributed by atoms with van der Waals surface area (Å²) in [5, 5.41) is 30.9. The van der Waals surface area contributed by atoms with Gasteiger partial charge in [0.1, 0.15) is 6.10 Å². The van der Waals surface area contributed by atoms with Crippen molar-refractivity contribution >= 4 is 11.9 Å². The molecule has 0 aromatic heterocycles. The van der Waals surface area contributed by atoms with E-state index in [-0.39, 0.29) is 0 Å². The Bertz CT molecular complexity index is 411. The Morgan fingerprint density at radius 2 is 1.91 bits per heavy atom. The molecule has 0 radical (unpaired) electrons. The van der Waals surface area contributed by atoms with Crippen LogP contribution in [0.1, 0.15) is 51.9 Å². The van der Waals surface area contributed by atoms with Gasteiger partial charge in [-0.2, -0.15) is 0 Å². The van der Waals surface area contributed by atoms with Crippen LogP contribution in [0.15, 0.2) is 12.3 Å². The Balaban J connectivity index is 2.20. The standard InChI is InChI=1S/C16H27NO6/c1-2-3-4-5-6-7-8-9-10-17-15(21)13(20)14-11(18)12(19)16(22)23-14/h9-14,18-20H,2-8H2,1H3,(H,17,21)/b10-9+/t11-,12+,13-,14+/m1/s1. The molecule has 7 heteroatoms. The molecule has 4 N–H and O–H groups in total. The molecule has 1 aliphatic heterocycles. The van der Waals surface area contributed by atoms with E-state index in [4.69, 9.17) is 0 Å². The fourth-order valence-corrected chi connectivity index (χ4v) is 2.35. The second kappa shape index (κ2) is 10.4. The Labute approximate surface area is 136 Å². The number of unbranched alkanes of at least 4 members (excludes halogenated alkanes) is 6. The maximum absolute atomic E-state index is 11.7. The highest BCUT2D eigenvalue weighted by molar-refractivity contribution is 5.84. The number of carbonyl (C=O) groups is 2. The summed E-state index contributed by atoms with van der Waals surface area (Å²) in [6, 6.07) is 0. The Morgan fingerprint density at radius 1 is 1.26 bits per heavy atom. The summed E-state index contributed by atoms with van der Waals surface area (Å²) < 4.78 is 4.59. The van der Waals surface area contributed by atoms with Crippen molar-refractivity contribution in [3.8, 4) is 0 Å². The summed E-state index contributed by atoms with van der Waals surface area (Å²) in [4.78, 5) is 22.8. The number of allylic oxidation sites excluding steroid dienone is 1. The average Bonchev–Trinajstić information content (AvgIpc) is 2.80. The first-order valence-electron chi connectivity index (χ1n) is 8.19. The molecule has 1 amide bonds. The molecule has 1 aliphatic rings. The molecule has 1 saturated heterocycles. The van der Waals surface area contributed by atoms with Gasteiger partial charge < -0.3 is 25.4 Å². The number of hydrogen-bond acceptors (Lipinski definition) is 6. The van der Waals surface area contributed by atoms with Crippen LogP contribution < -0.4 is 5.32 Å². The number of aliphatic hydroxyl groups excluding tert-OH is 3. The molecule has 132 valence electrons. The third-order valence-corrected chi connectivity index (χ3v) is 3.80. The van der Waals surface area contributed by atoms with Gasteiger partial charge in [-0.1, -0.05) is 45.1 Å². The van der Waals surface area contributed by atoms with Crippen LogP contribution in [0.25, 0.3) is 0 Å². The highest BCUT2D eigenvalue weighted by Gasteiger charge is 2.48. The van der Waals surface area contributed by atoms with Crippen molar-refractivity contribution in [3.05, 3.63) is 12.3 Å². The first-order valence-corrected chi connectivity index (χ1v) is 8.19. The molecule has 0 aromatic carbocycles. The van der Waals surface area contributed by atoms with Crippen LogP contribution in [-0.4, -0.2) is 51.6 Å². The lowest BCUT2D eigenvalue weighted by Crippen LogP contribution is -2.46. The molecular formula is C16H27NO6. The van der Waals surface area contributed by atoms with Crippen LogP contribution in [0, 0.1) is 0 Å². The zero-order valence-corrected chi connectivity index (χ0v) is 13.5. The van der Waals surface area contributed by atoms with Crippen LogP contribution in [0.3, 0.4) is 0 Å². The zero-order valence-electron chi connectivity index (χ0n) is 13.5. The summed E-state index contributed by atoms with van der Waals surface area (Å²) in [7, 11) is 0. The predicted molar refractivity (Wildman–Crippen MR) is 83.2 cm³/mol. The molecule has 0 spiro atoms. The van der Waals surface area contributed by atoms with E-state index in [2.05, 4.69) is 17.0 Å². The number of esters is 1. The fraction of sp³-hybridized carbons (Fsp3) is 0.750. The second-order valence-corrected chi connectivity index (χ2v) is 5.75. The molecule has 1 fully saturated rings. The molecule has 7 nitrogen and oxygen atoms in total. The zero-order chi connectivity index (χ0) is 17.2. The normalized spacial score (nSPS) is 25.6. The van der Waals surface area contributed by atoms with Crippen LogP contribution in [0.5, 0.6) is 0 Å². The molecule has 23 heavy (non-hydrogen) atoms. The summed E-state index contributed by atoms with van der Waals surface area (Å²) in [5.41, 5.74) is 0. The van der Waals surface area contributed by atoms with E-state index in [0.717, 1.165) is 19.3 Å². The highest BCUT2D eigenvalue weighted by Crippen LogP contribution is 2.19. The van der Waals surface area contributed by atoms with Crippen molar-refractivity contribution in [1.29, 1.82) is 0 Å². The molecule has 0 saturated carbocycles. The molecule has 1 rings (SSSR count). The van der Waals surface area contributed by atoms with E-state index >= 15 is 0 Å². The molecule has 0 aromatic rings. The predicted octanol–water partition coefficient (Wildman–Crippen LogP) is 0.375. The van der Waals surface area contributed by atoms with Gasteiger partial charge in [-0.15, -0.1) is 0 Å². The number of nitrogens with one attached hydrogen (secondary N) is 1. The largest absolute Gasteiger partial charge is 0.454 e. The smallest absolute Gasteiger partial charge is 0.338 e. The molecular weight excluding hydrogens is 302 g/mol. The van der Waals surface area contributed by atoms with E-state index in [0.29, 0.717) is 0 Å². The molecule has 0 unspecified atom stereocenters. The summed E-state index contributed by atoms with van der Waals surface area (Å²) >= 11 is 0. The van der Waals surface area contributed by atoms with Crippen LogP contribution in [-0.2, 0) is 14.3 Å². The van der Waals surface area contributed by atoms with Crippen molar-refractivity contribution < 1.29 is 29.6 Å². The number of hydrogen-bond donors (Lipinski definition) is 4. The van der Waals surface area contributed by atoms with E-state index in [1.54, 1.807) is 6.08 Å². The van der Waals surface area contributed by atoms with Gasteiger partial charge in [0.05, 0.1) is 0 Å². The van der Waals surface area contributed by atoms with E-state index in [1.165, 1.54) is 31.9 Å². The number of aliphatic hydroxyl groups is 3. The Morgan fingerprint density at radius 3 is 2.52 bits per heavy atom. The monoisotopic (exact) mass is 329 g/mol. The van der Waals surface area contributed by atoms with Gasteiger partial charge in [0.15, 0.2) is 18.3 Å². The Kier molecular flexibility index (Phi) is 8.83. The number of carbonyl (C=O) groups excluding carboxylic acids is 2. The van der Waals surface area contributed by atoms with Gasteiger partial charge in [0, 0.05) is 0 Å². The summed E-state index contributed by atoms with van der Waals surface area (Å²) in [6.45, 7) is 2.17. The number of rotatable bonds is 10. The SMILES string of the molecule is CCCCCCCC/C=C/NC(=O)[C@H](O)[C@H]1OC(=O)[C@@H](O)[C@H]1O. The lowest BCUT2D eigenvalue weighted by atomic mass is 10.1. The number of cyclic esters (lactones) is 1. The minimum atomic E-state index is -1.73. The fourth-order valence-electron chi connectivity index (χ4n) is 2.35. The third kappa shape index (κ3) is 6.29. The Hall–Kier alpha value is -1.44. The van der Waals surface area contributed by atoms with Gasteiger partial charge in [-0.25, -0.2) is 4.79 Å². The van der Waals surface area contributed by atoms with Crippen LogP contribution >= 0.6 is 0 Å². The number of ether oxygens (including phenoxy) is 1. The minimum Gasteiger partial charge on any atom is -0.454 e. The van der Waals surface area contributed by atoms with E-state index in [9.17, 15) is 24.9 Å². The quantitative estimate of drug-likeness (QED) is 0.340. The highest BCUT2D eigenvalue weighted by atomic mass is 16.6. The summed E-state index contributed by atoms with van der Waals surface area (Å²) in [6.07, 6.45) is 4.61. The molecule has 0 bridgehead atoms. The molecule has 4 atom stereocenters. The van der Waals surface area contributed by atoms with Crippen molar-refractivity contribution in [2.45, 2.75) is 76.3 Å². The van der Waals surface area contributed by atoms with Crippen molar-refractivity contribution in [2.24, 2.45) is 0 Å². The maximum atomic E-state index is 11.7. The van der Waals surface area contributed by atoms with Crippen LogP contribution in [0.4, 0.5) is 0 Å².